The normalized spacial score (nSPS) is 11.7. The molecule has 2 aromatic carbocycles. The van der Waals surface area contributed by atoms with Crippen LogP contribution in [0.4, 0.5) is 5.82 Å². The summed E-state index contributed by atoms with van der Waals surface area (Å²) >= 11 is 0. The predicted octanol–water partition coefficient (Wildman–Crippen LogP) is 3.00. The van der Waals surface area contributed by atoms with E-state index in [1.807, 2.05) is 36.4 Å². The zero-order chi connectivity index (χ0) is 21.6. The van der Waals surface area contributed by atoms with Gasteiger partial charge in [-0.25, -0.2) is 4.98 Å². The fourth-order valence-corrected chi connectivity index (χ4v) is 3.34. The number of fused-ring (bicyclic) bond motifs is 2. The molecule has 2 heterocycles. The number of anilines is 1. The monoisotopic (exact) mass is 418 g/mol. The lowest BCUT2D eigenvalue weighted by Gasteiger charge is -2.10. The molecule has 8 heteroatoms. The van der Waals surface area contributed by atoms with E-state index in [2.05, 4.69) is 21.7 Å². The maximum atomic E-state index is 12.1. The second kappa shape index (κ2) is 9.22. The van der Waals surface area contributed by atoms with Gasteiger partial charge in [-0.3, -0.25) is 4.79 Å². The van der Waals surface area contributed by atoms with Crippen LogP contribution < -0.4 is 24.8 Å². The minimum Gasteiger partial charge on any atom is -0.497 e. The van der Waals surface area contributed by atoms with Crippen LogP contribution in [0, 0.1) is 11.3 Å². The number of amides is 1. The first-order chi connectivity index (χ1) is 15.2. The highest BCUT2D eigenvalue weighted by molar-refractivity contribution is 5.86. The summed E-state index contributed by atoms with van der Waals surface area (Å²) in [6.07, 6.45) is 0.987. The molecule has 0 radical (unpaired) electrons. The van der Waals surface area contributed by atoms with Crippen molar-refractivity contribution in [3.05, 3.63) is 53.6 Å². The molecule has 1 aromatic heterocycles. The van der Waals surface area contributed by atoms with Crippen molar-refractivity contribution in [1.82, 2.24) is 10.3 Å². The number of hydrogen-bond acceptors (Lipinski definition) is 7. The Morgan fingerprint density at radius 2 is 2.03 bits per heavy atom. The third kappa shape index (κ3) is 4.78. The number of aromatic nitrogens is 1. The molecule has 0 fully saturated rings. The number of methoxy groups -OCH3 is 1. The van der Waals surface area contributed by atoms with Gasteiger partial charge in [0.1, 0.15) is 17.6 Å². The largest absolute Gasteiger partial charge is 0.497 e. The summed E-state index contributed by atoms with van der Waals surface area (Å²) in [6, 6.07) is 15.0. The van der Waals surface area contributed by atoms with Gasteiger partial charge in [-0.2, -0.15) is 5.26 Å². The fourth-order valence-electron chi connectivity index (χ4n) is 3.34. The molecule has 0 aliphatic carbocycles. The Morgan fingerprint density at radius 1 is 1.19 bits per heavy atom. The number of carbonyl (C=O) groups is 1. The van der Waals surface area contributed by atoms with Crippen LogP contribution in [0.15, 0.2) is 42.5 Å². The quantitative estimate of drug-likeness (QED) is 0.542. The maximum absolute atomic E-state index is 12.1. The number of carbonyl (C=O) groups excluding carboxylic acids is 1. The van der Waals surface area contributed by atoms with Gasteiger partial charge in [-0.1, -0.05) is 12.1 Å². The second-order valence-electron chi connectivity index (χ2n) is 7.05. The molecule has 0 saturated heterocycles. The van der Waals surface area contributed by atoms with E-state index in [9.17, 15) is 10.1 Å². The van der Waals surface area contributed by atoms with Crippen LogP contribution in [0.5, 0.6) is 17.2 Å². The number of rotatable bonds is 8. The molecule has 8 nitrogen and oxygen atoms in total. The topological polar surface area (TPSA) is 106 Å². The van der Waals surface area contributed by atoms with Crippen LogP contribution >= 0.6 is 0 Å². The van der Waals surface area contributed by atoms with Gasteiger partial charge in [0.25, 0.3) is 0 Å². The lowest BCUT2D eigenvalue weighted by molar-refractivity contribution is -0.120. The Hall–Kier alpha value is -3.99. The zero-order valence-corrected chi connectivity index (χ0v) is 17.1. The summed E-state index contributed by atoms with van der Waals surface area (Å²) in [4.78, 5) is 16.7. The summed E-state index contributed by atoms with van der Waals surface area (Å²) in [5, 5.41) is 16.4. The number of hydrogen-bond donors (Lipinski definition) is 2. The van der Waals surface area contributed by atoms with Gasteiger partial charge in [-0.15, -0.1) is 0 Å². The summed E-state index contributed by atoms with van der Waals surface area (Å²) in [6.45, 7) is 1.27. The Balaban J connectivity index is 1.29. The fraction of sp³-hybridized carbons (Fsp3) is 0.261. The molecule has 2 N–H and O–H groups in total. The molecule has 1 amide bonds. The minimum atomic E-state index is -0.0501. The van der Waals surface area contributed by atoms with E-state index in [4.69, 9.17) is 14.2 Å². The SMILES string of the molecule is COc1cccc(CC(=O)NCCCNc2nc3cc4c(cc3cc2C#N)OCO4)c1. The van der Waals surface area contributed by atoms with Crippen molar-refractivity contribution in [2.75, 3.05) is 32.3 Å². The van der Waals surface area contributed by atoms with E-state index < -0.39 is 0 Å². The smallest absolute Gasteiger partial charge is 0.231 e. The number of nitrogens with zero attached hydrogens (tertiary/aromatic N) is 2. The third-order valence-corrected chi connectivity index (χ3v) is 4.90. The van der Waals surface area contributed by atoms with E-state index in [-0.39, 0.29) is 12.7 Å². The summed E-state index contributed by atoms with van der Waals surface area (Å²) in [5.41, 5.74) is 2.07. The molecule has 4 rings (SSSR count). The standard InChI is InChI=1S/C23H22N4O4/c1-29-18-5-2-4-15(8-18)9-22(28)25-6-3-7-26-23-17(13-24)10-16-11-20-21(31-14-30-20)12-19(16)27-23/h2,4-5,8,10-12H,3,6-7,9,14H2,1H3,(H,25,28)(H,26,27). The number of nitriles is 1. The van der Waals surface area contributed by atoms with Crippen molar-refractivity contribution in [3.63, 3.8) is 0 Å². The molecule has 158 valence electrons. The average Bonchev–Trinajstić information content (AvgIpc) is 3.24. The van der Waals surface area contributed by atoms with Crippen molar-refractivity contribution in [2.24, 2.45) is 0 Å². The van der Waals surface area contributed by atoms with E-state index in [0.717, 1.165) is 22.2 Å². The van der Waals surface area contributed by atoms with Crippen molar-refractivity contribution in [1.29, 1.82) is 5.26 Å². The van der Waals surface area contributed by atoms with Gasteiger partial charge in [0.05, 0.1) is 24.6 Å². The molecule has 31 heavy (non-hydrogen) atoms. The van der Waals surface area contributed by atoms with Crippen LogP contribution in [-0.4, -0.2) is 37.9 Å². The Morgan fingerprint density at radius 3 is 2.84 bits per heavy atom. The first-order valence-corrected chi connectivity index (χ1v) is 9.94. The van der Waals surface area contributed by atoms with Crippen LogP contribution in [0.3, 0.4) is 0 Å². The molecule has 0 saturated carbocycles. The van der Waals surface area contributed by atoms with Gasteiger partial charge in [0.15, 0.2) is 11.5 Å². The molecule has 1 aliphatic rings. The molecular weight excluding hydrogens is 396 g/mol. The first kappa shape index (κ1) is 20.3. The van der Waals surface area contributed by atoms with Gasteiger partial charge in [0, 0.05) is 24.5 Å². The predicted molar refractivity (Wildman–Crippen MR) is 115 cm³/mol. The van der Waals surface area contributed by atoms with Crippen LogP contribution in [0.25, 0.3) is 10.9 Å². The molecule has 1 aliphatic heterocycles. The Bertz CT molecular complexity index is 1160. The molecule has 0 atom stereocenters. The van der Waals surface area contributed by atoms with E-state index in [1.165, 1.54) is 0 Å². The van der Waals surface area contributed by atoms with Crippen molar-refractivity contribution in [3.8, 4) is 23.3 Å². The van der Waals surface area contributed by atoms with Crippen LogP contribution in [0.2, 0.25) is 0 Å². The Labute approximate surface area is 179 Å². The zero-order valence-electron chi connectivity index (χ0n) is 17.1. The third-order valence-electron chi connectivity index (χ3n) is 4.90. The highest BCUT2D eigenvalue weighted by Crippen LogP contribution is 2.36. The first-order valence-electron chi connectivity index (χ1n) is 9.94. The van der Waals surface area contributed by atoms with Crippen molar-refractivity contribution >= 4 is 22.6 Å². The minimum absolute atomic E-state index is 0.0501. The molecular formula is C23H22N4O4. The maximum Gasteiger partial charge on any atom is 0.231 e. The lowest BCUT2D eigenvalue weighted by Crippen LogP contribution is -2.27. The molecule has 0 bridgehead atoms. The van der Waals surface area contributed by atoms with Crippen molar-refractivity contribution < 1.29 is 19.0 Å². The highest BCUT2D eigenvalue weighted by Gasteiger charge is 2.16. The molecule has 0 unspecified atom stereocenters. The number of ether oxygens (including phenoxy) is 3. The van der Waals surface area contributed by atoms with Gasteiger partial charge in [0.2, 0.25) is 12.7 Å². The summed E-state index contributed by atoms with van der Waals surface area (Å²) in [5.74, 6) is 2.50. The van der Waals surface area contributed by atoms with Crippen LogP contribution in [0.1, 0.15) is 17.5 Å². The molecule has 3 aromatic rings. The Kier molecular flexibility index (Phi) is 6.03. The highest BCUT2D eigenvalue weighted by atomic mass is 16.7. The van der Waals surface area contributed by atoms with Gasteiger partial charge < -0.3 is 24.8 Å². The average molecular weight is 418 g/mol. The second-order valence-corrected chi connectivity index (χ2v) is 7.05. The number of nitrogens with one attached hydrogen (secondary N) is 2. The van der Waals surface area contributed by atoms with Crippen molar-refractivity contribution in [2.45, 2.75) is 12.8 Å². The van der Waals surface area contributed by atoms with E-state index in [0.29, 0.717) is 48.8 Å². The summed E-state index contributed by atoms with van der Waals surface area (Å²) < 4.78 is 16.0. The lowest BCUT2D eigenvalue weighted by atomic mass is 10.1. The number of benzene rings is 2. The summed E-state index contributed by atoms with van der Waals surface area (Å²) in [7, 11) is 1.60. The molecule has 0 spiro atoms. The van der Waals surface area contributed by atoms with E-state index in [1.54, 1.807) is 13.2 Å². The van der Waals surface area contributed by atoms with Gasteiger partial charge in [-0.05, 0) is 36.2 Å². The van der Waals surface area contributed by atoms with E-state index >= 15 is 0 Å². The van der Waals surface area contributed by atoms with Crippen LogP contribution in [-0.2, 0) is 11.2 Å². The van der Waals surface area contributed by atoms with Gasteiger partial charge >= 0.3 is 0 Å². The number of pyridine rings is 1.